The Morgan fingerprint density at radius 1 is 1.27 bits per heavy atom. The molecule has 1 rings (SSSR count). The molecule has 0 bridgehead atoms. The molecule has 1 fully saturated rings. The van der Waals surface area contributed by atoms with Crippen molar-refractivity contribution in [3.63, 3.8) is 0 Å². The lowest BCUT2D eigenvalue weighted by atomic mass is 9.68. The van der Waals surface area contributed by atoms with Gasteiger partial charge in [-0.25, -0.2) is 4.79 Å². The van der Waals surface area contributed by atoms with E-state index in [1.165, 1.54) is 0 Å². The molecule has 0 amide bonds. The van der Waals surface area contributed by atoms with Crippen LogP contribution >= 0.6 is 0 Å². The van der Waals surface area contributed by atoms with Crippen LogP contribution in [-0.2, 0) is 4.79 Å². The predicted molar refractivity (Wildman–Crippen MR) is 58.5 cm³/mol. The zero-order valence-electron chi connectivity index (χ0n) is 9.81. The highest BCUT2D eigenvalue weighted by molar-refractivity contribution is 5.72. The first-order chi connectivity index (χ1) is 6.93. The van der Waals surface area contributed by atoms with Crippen LogP contribution in [-0.4, -0.2) is 22.3 Å². The van der Waals surface area contributed by atoms with Crippen LogP contribution in [0.1, 0.15) is 40.0 Å². The van der Waals surface area contributed by atoms with E-state index in [-0.39, 0.29) is 5.92 Å². The molecule has 2 N–H and O–H groups in total. The molecule has 1 aliphatic carbocycles. The normalized spacial score (nSPS) is 34.1. The van der Waals surface area contributed by atoms with Crippen LogP contribution in [0.5, 0.6) is 0 Å². The summed E-state index contributed by atoms with van der Waals surface area (Å²) in [5, 5.41) is 18.6. The molecule has 1 saturated carbocycles. The van der Waals surface area contributed by atoms with Crippen molar-refractivity contribution in [2.75, 3.05) is 0 Å². The van der Waals surface area contributed by atoms with Crippen LogP contribution in [0.3, 0.4) is 0 Å². The Balaban J connectivity index is 2.74. The number of hydrogen-bond donors (Lipinski definition) is 2. The summed E-state index contributed by atoms with van der Waals surface area (Å²) >= 11 is 0. The average Bonchev–Trinajstić information content (AvgIpc) is 2.15. The first kappa shape index (κ1) is 12.5. The minimum atomic E-state index is -1.18. The summed E-state index contributed by atoms with van der Waals surface area (Å²) < 4.78 is 0. The Hall–Kier alpha value is -0.570. The number of carboxylic acid groups (broad SMARTS) is 1. The molecule has 0 aromatic carbocycles. The summed E-state index contributed by atoms with van der Waals surface area (Å²) in [6.45, 7) is 6.36. The molecule has 15 heavy (non-hydrogen) atoms. The zero-order valence-corrected chi connectivity index (χ0v) is 9.81. The van der Waals surface area contributed by atoms with Crippen molar-refractivity contribution in [3.8, 4) is 0 Å². The molecular formula is C12H22O3. The van der Waals surface area contributed by atoms with Crippen molar-refractivity contribution >= 4 is 5.97 Å². The molecule has 0 saturated heterocycles. The highest BCUT2D eigenvalue weighted by Crippen LogP contribution is 2.39. The van der Waals surface area contributed by atoms with E-state index in [4.69, 9.17) is 5.11 Å². The van der Waals surface area contributed by atoms with Gasteiger partial charge in [0.15, 0.2) is 6.10 Å². The SMILES string of the molecule is CC1CCC(C(C)C)C(C(O)C(=O)O)C1. The maximum atomic E-state index is 10.8. The topological polar surface area (TPSA) is 57.5 Å². The molecule has 1 aliphatic rings. The van der Waals surface area contributed by atoms with E-state index >= 15 is 0 Å². The molecule has 0 heterocycles. The van der Waals surface area contributed by atoms with E-state index in [2.05, 4.69) is 20.8 Å². The number of carbonyl (C=O) groups is 1. The van der Waals surface area contributed by atoms with Gasteiger partial charge in [0.25, 0.3) is 0 Å². The van der Waals surface area contributed by atoms with Gasteiger partial charge in [0.2, 0.25) is 0 Å². The van der Waals surface area contributed by atoms with Crippen LogP contribution < -0.4 is 0 Å². The van der Waals surface area contributed by atoms with Crippen LogP contribution in [0.4, 0.5) is 0 Å². The largest absolute Gasteiger partial charge is 0.479 e. The first-order valence-electron chi connectivity index (χ1n) is 5.84. The van der Waals surface area contributed by atoms with E-state index < -0.39 is 12.1 Å². The van der Waals surface area contributed by atoms with Gasteiger partial charge in [-0.2, -0.15) is 0 Å². The van der Waals surface area contributed by atoms with Gasteiger partial charge in [-0.1, -0.05) is 27.2 Å². The van der Waals surface area contributed by atoms with Gasteiger partial charge in [-0.05, 0) is 36.5 Å². The van der Waals surface area contributed by atoms with Gasteiger partial charge in [0.1, 0.15) is 0 Å². The molecule has 3 nitrogen and oxygen atoms in total. The Kier molecular flexibility index (Phi) is 4.14. The van der Waals surface area contributed by atoms with Gasteiger partial charge in [-0.15, -0.1) is 0 Å². The third-order valence-corrected chi connectivity index (χ3v) is 3.73. The smallest absolute Gasteiger partial charge is 0.332 e. The molecule has 4 unspecified atom stereocenters. The fraction of sp³-hybridized carbons (Fsp3) is 0.917. The molecule has 88 valence electrons. The van der Waals surface area contributed by atoms with Crippen LogP contribution in [0.2, 0.25) is 0 Å². The van der Waals surface area contributed by atoms with E-state index in [1.54, 1.807) is 0 Å². The van der Waals surface area contributed by atoms with Crippen molar-refractivity contribution in [1.29, 1.82) is 0 Å². The molecule has 0 aromatic heterocycles. The highest BCUT2D eigenvalue weighted by Gasteiger charge is 2.37. The fourth-order valence-corrected chi connectivity index (χ4v) is 2.82. The molecule has 0 spiro atoms. The summed E-state index contributed by atoms with van der Waals surface area (Å²) in [4.78, 5) is 10.8. The third kappa shape index (κ3) is 2.94. The number of hydrogen-bond acceptors (Lipinski definition) is 2. The molecule has 3 heteroatoms. The minimum absolute atomic E-state index is 0.0637. The lowest BCUT2D eigenvalue weighted by Gasteiger charge is -2.38. The van der Waals surface area contributed by atoms with Crippen LogP contribution in [0.15, 0.2) is 0 Å². The average molecular weight is 214 g/mol. The minimum Gasteiger partial charge on any atom is -0.479 e. The van der Waals surface area contributed by atoms with Gasteiger partial charge in [-0.3, -0.25) is 0 Å². The van der Waals surface area contributed by atoms with E-state index in [9.17, 15) is 9.90 Å². The van der Waals surface area contributed by atoms with Crippen molar-refractivity contribution in [1.82, 2.24) is 0 Å². The monoisotopic (exact) mass is 214 g/mol. The summed E-state index contributed by atoms with van der Waals surface area (Å²) in [5.74, 6) is 0.216. The number of rotatable bonds is 3. The Morgan fingerprint density at radius 3 is 2.33 bits per heavy atom. The summed E-state index contributed by atoms with van der Waals surface area (Å²) in [6, 6.07) is 0. The summed E-state index contributed by atoms with van der Waals surface area (Å²) in [6.07, 6.45) is 1.87. The second-order valence-corrected chi connectivity index (χ2v) is 5.27. The summed E-state index contributed by atoms with van der Waals surface area (Å²) in [5.41, 5.74) is 0. The first-order valence-corrected chi connectivity index (χ1v) is 5.84. The van der Waals surface area contributed by atoms with Crippen LogP contribution in [0, 0.1) is 23.7 Å². The van der Waals surface area contributed by atoms with Gasteiger partial charge in [0, 0.05) is 0 Å². The highest BCUT2D eigenvalue weighted by atomic mass is 16.4. The number of aliphatic carboxylic acids is 1. The molecule has 4 atom stereocenters. The maximum Gasteiger partial charge on any atom is 0.332 e. The quantitative estimate of drug-likeness (QED) is 0.756. The maximum absolute atomic E-state index is 10.8. The van der Waals surface area contributed by atoms with Gasteiger partial charge < -0.3 is 10.2 Å². The molecule has 0 aromatic rings. The number of aliphatic hydroxyl groups excluding tert-OH is 1. The van der Waals surface area contributed by atoms with Crippen molar-refractivity contribution in [2.45, 2.75) is 46.1 Å². The Bertz CT molecular complexity index is 225. The lowest BCUT2D eigenvalue weighted by Crippen LogP contribution is -2.40. The van der Waals surface area contributed by atoms with E-state index in [0.717, 1.165) is 19.3 Å². The third-order valence-electron chi connectivity index (χ3n) is 3.73. The van der Waals surface area contributed by atoms with Crippen molar-refractivity contribution in [2.24, 2.45) is 23.7 Å². The predicted octanol–water partition coefficient (Wildman–Crippen LogP) is 2.14. The van der Waals surface area contributed by atoms with Gasteiger partial charge in [0.05, 0.1) is 0 Å². The number of carboxylic acids is 1. The molecule has 0 radical (unpaired) electrons. The van der Waals surface area contributed by atoms with Crippen molar-refractivity contribution in [3.05, 3.63) is 0 Å². The van der Waals surface area contributed by atoms with Crippen molar-refractivity contribution < 1.29 is 15.0 Å². The second kappa shape index (κ2) is 4.97. The van der Waals surface area contributed by atoms with E-state index in [0.29, 0.717) is 17.8 Å². The summed E-state index contributed by atoms with van der Waals surface area (Å²) in [7, 11) is 0. The zero-order chi connectivity index (χ0) is 11.6. The Labute approximate surface area is 91.5 Å². The molecular weight excluding hydrogens is 192 g/mol. The molecule has 0 aliphatic heterocycles. The Morgan fingerprint density at radius 2 is 1.87 bits per heavy atom. The van der Waals surface area contributed by atoms with Crippen LogP contribution in [0.25, 0.3) is 0 Å². The standard InChI is InChI=1S/C12H22O3/c1-7(2)9-5-4-8(3)6-10(9)11(13)12(14)15/h7-11,13H,4-6H2,1-3H3,(H,14,15). The second-order valence-electron chi connectivity index (χ2n) is 5.27. The fourth-order valence-electron chi connectivity index (χ4n) is 2.82. The van der Waals surface area contributed by atoms with Gasteiger partial charge >= 0.3 is 5.97 Å². The lowest BCUT2D eigenvalue weighted by molar-refractivity contribution is -0.152. The number of aliphatic hydroxyl groups is 1. The van der Waals surface area contributed by atoms with E-state index in [1.807, 2.05) is 0 Å².